The molecule has 96 valence electrons. The first-order valence-corrected chi connectivity index (χ1v) is 6.74. The van der Waals surface area contributed by atoms with E-state index < -0.39 is 0 Å². The van der Waals surface area contributed by atoms with Gasteiger partial charge in [0.2, 0.25) is 5.91 Å². The van der Waals surface area contributed by atoms with Gasteiger partial charge in [-0.15, -0.1) is 0 Å². The van der Waals surface area contributed by atoms with E-state index in [1.165, 1.54) is 19.3 Å². The van der Waals surface area contributed by atoms with Gasteiger partial charge >= 0.3 is 0 Å². The van der Waals surface area contributed by atoms with Crippen LogP contribution in [0.4, 0.5) is 0 Å². The summed E-state index contributed by atoms with van der Waals surface area (Å²) in [6, 6.07) is -0.206. The van der Waals surface area contributed by atoms with Gasteiger partial charge in [-0.2, -0.15) is 0 Å². The Hall–Kier alpha value is -0.900. The fraction of sp³-hybridized carbons (Fsp3) is 0.846. The van der Waals surface area contributed by atoms with Gasteiger partial charge in [0, 0.05) is 5.92 Å². The number of hydrogen-bond acceptors (Lipinski definition) is 3. The van der Waals surface area contributed by atoms with Crippen molar-refractivity contribution in [3.05, 3.63) is 0 Å². The highest BCUT2D eigenvalue weighted by Crippen LogP contribution is 2.25. The molecule has 2 aliphatic rings. The molecule has 1 aliphatic heterocycles. The molecule has 2 rings (SSSR count). The van der Waals surface area contributed by atoms with Crippen molar-refractivity contribution in [1.29, 1.82) is 0 Å². The zero-order valence-corrected chi connectivity index (χ0v) is 10.4. The second-order valence-corrected chi connectivity index (χ2v) is 5.33. The van der Waals surface area contributed by atoms with Crippen molar-refractivity contribution in [2.24, 2.45) is 11.7 Å². The van der Waals surface area contributed by atoms with Crippen LogP contribution >= 0.6 is 0 Å². The minimum atomic E-state index is -0.279. The molecule has 1 heterocycles. The summed E-state index contributed by atoms with van der Waals surface area (Å²) >= 11 is 0. The summed E-state index contributed by atoms with van der Waals surface area (Å²) in [5, 5.41) is 0. The predicted molar refractivity (Wildman–Crippen MR) is 65.4 cm³/mol. The van der Waals surface area contributed by atoms with Crippen molar-refractivity contribution in [1.82, 2.24) is 4.90 Å². The Balaban J connectivity index is 1.86. The van der Waals surface area contributed by atoms with Crippen molar-refractivity contribution >= 4 is 11.7 Å². The van der Waals surface area contributed by atoms with Crippen molar-refractivity contribution in [3.8, 4) is 0 Å². The molecule has 1 amide bonds. The average Bonchev–Trinajstić information content (AvgIpc) is 2.78. The first-order valence-electron chi connectivity index (χ1n) is 6.74. The van der Waals surface area contributed by atoms with Crippen LogP contribution in [0.2, 0.25) is 0 Å². The summed E-state index contributed by atoms with van der Waals surface area (Å²) in [6.45, 7) is 1.27. The number of carbonyl (C=O) groups excluding carboxylic acids is 2. The summed E-state index contributed by atoms with van der Waals surface area (Å²) in [5.41, 5.74) is 5.35. The molecule has 0 spiro atoms. The quantitative estimate of drug-likeness (QED) is 0.797. The monoisotopic (exact) mass is 238 g/mol. The van der Waals surface area contributed by atoms with E-state index in [4.69, 9.17) is 5.73 Å². The van der Waals surface area contributed by atoms with Crippen molar-refractivity contribution in [2.75, 3.05) is 13.1 Å². The van der Waals surface area contributed by atoms with Gasteiger partial charge in [0.1, 0.15) is 5.78 Å². The zero-order chi connectivity index (χ0) is 12.3. The Morgan fingerprint density at radius 1 is 1.06 bits per heavy atom. The summed E-state index contributed by atoms with van der Waals surface area (Å²) in [6.07, 6.45) is 7.48. The third-order valence-electron chi connectivity index (χ3n) is 4.11. The van der Waals surface area contributed by atoms with Crippen molar-refractivity contribution in [2.45, 2.75) is 51.0 Å². The largest absolute Gasteiger partial charge is 0.368 e. The molecule has 1 saturated carbocycles. The summed E-state index contributed by atoms with van der Waals surface area (Å²) in [7, 11) is 0. The van der Waals surface area contributed by atoms with Crippen LogP contribution < -0.4 is 5.73 Å². The Morgan fingerprint density at radius 2 is 1.76 bits per heavy atom. The maximum Gasteiger partial charge on any atom is 0.234 e. The van der Waals surface area contributed by atoms with E-state index in [9.17, 15) is 9.59 Å². The van der Waals surface area contributed by atoms with Crippen molar-refractivity contribution in [3.63, 3.8) is 0 Å². The molecule has 1 aliphatic carbocycles. The standard InChI is InChI=1S/C13H22N2O2/c14-13(17)11-7-4-8-15(11)9-12(16)10-5-2-1-3-6-10/h10-11H,1-9H2,(H2,14,17). The van der Waals surface area contributed by atoms with E-state index >= 15 is 0 Å². The van der Waals surface area contributed by atoms with Gasteiger partial charge in [0.05, 0.1) is 12.6 Å². The normalized spacial score (nSPS) is 27.2. The van der Waals surface area contributed by atoms with Gasteiger partial charge in [-0.3, -0.25) is 14.5 Å². The number of primary amides is 1. The van der Waals surface area contributed by atoms with Gasteiger partial charge in [-0.25, -0.2) is 0 Å². The number of nitrogens with zero attached hydrogens (tertiary/aromatic N) is 1. The van der Waals surface area contributed by atoms with Gasteiger partial charge < -0.3 is 5.73 Å². The van der Waals surface area contributed by atoms with E-state index in [-0.39, 0.29) is 17.9 Å². The lowest BCUT2D eigenvalue weighted by Crippen LogP contribution is -2.44. The molecule has 2 N–H and O–H groups in total. The molecule has 4 nitrogen and oxygen atoms in total. The number of carbonyl (C=O) groups is 2. The summed E-state index contributed by atoms with van der Waals surface area (Å²) in [4.78, 5) is 25.3. The molecule has 17 heavy (non-hydrogen) atoms. The highest BCUT2D eigenvalue weighted by Gasteiger charge is 2.32. The van der Waals surface area contributed by atoms with Gasteiger partial charge in [-0.05, 0) is 32.2 Å². The molecular weight excluding hydrogens is 216 g/mol. The van der Waals surface area contributed by atoms with Crippen LogP contribution in [-0.2, 0) is 9.59 Å². The smallest absolute Gasteiger partial charge is 0.234 e. The van der Waals surface area contributed by atoms with E-state index in [1.807, 2.05) is 4.90 Å². The van der Waals surface area contributed by atoms with Gasteiger partial charge in [-0.1, -0.05) is 19.3 Å². The second kappa shape index (κ2) is 5.63. The second-order valence-electron chi connectivity index (χ2n) is 5.33. The summed E-state index contributed by atoms with van der Waals surface area (Å²) in [5.74, 6) is 0.273. The molecule has 2 fully saturated rings. The Labute approximate surface area is 103 Å². The van der Waals surface area contributed by atoms with Crippen LogP contribution in [0.25, 0.3) is 0 Å². The minimum absolute atomic E-state index is 0.206. The highest BCUT2D eigenvalue weighted by atomic mass is 16.1. The first kappa shape index (κ1) is 12.6. The van der Waals surface area contributed by atoms with E-state index in [0.29, 0.717) is 12.3 Å². The fourth-order valence-electron chi connectivity index (χ4n) is 3.09. The van der Waals surface area contributed by atoms with E-state index in [1.54, 1.807) is 0 Å². The maximum absolute atomic E-state index is 12.1. The summed E-state index contributed by atoms with van der Waals surface area (Å²) < 4.78 is 0. The maximum atomic E-state index is 12.1. The lowest BCUT2D eigenvalue weighted by atomic mass is 9.86. The number of ketones is 1. The molecule has 0 bridgehead atoms. The molecule has 0 aromatic heterocycles. The average molecular weight is 238 g/mol. The molecule has 1 unspecified atom stereocenters. The first-order chi connectivity index (χ1) is 8.18. The molecule has 0 aromatic carbocycles. The number of amides is 1. The number of rotatable bonds is 4. The molecule has 4 heteroatoms. The molecule has 0 aromatic rings. The van der Waals surface area contributed by atoms with Gasteiger partial charge in [0.15, 0.2) is 0 Å². The van der Waals surface area contributed by atoms with E-state index in [0.717, 1.165) is 32.2 Å². The highest BCUT2D eigenvalue weighted by molar-refractivity contribution is 5.85. The number of hydrogen-bond donors (Lipinski definition) is 1. The number of Topliss-reactive ketones (excluding diaryl/α,β-unsaturated/α-hetero) is 1. The Kier molecular flexibility index (Phi) is 4.15. The molecular formula is C13H22N2O2. The predicted octanol–water partition coefficient (Wildman–Crippen LogP) is 1.09. The van der Waals surface area contributed by atoms with E-state index in [2.05, 4.69) is 0 Å². The molecule has 1 atom stereocenters. The van der Waals surface area contributed by atoms with Crippen LogP contribution in [0.1, 0.15) is 44.9 Å². The molecule has 1 saturated heterocycles. The van der Waals surface area contributed by atoms with Crippen LogP contribution in [0.5, 0.6) is 0 Å². The third kappa shape index (κ3) is 3.06. The minimum Gasteiger partial charge on any atom is -0.368 e. The van der Waals surface area contributed by atoms with Crippen LogP contribution in [0.3, 0.4) is 0 Å². The fourth-order valence-corrected chi connectivity index (χ4v) is 3.09. The van der Waals surface area contributed by atoms with Crippen LogP contribution in [0.15, 0.2) is 0 Å². The Morgan fingerprint density at radius 3 is 2.41 bits per heavy atom. The SMILES string of the molecule is NC(=O)C1CCCN1CC(=O)C1CCCCC1. The lowest BCUT2D eigenvalue weighted by Gasteiger charge is -2.25. The number of likely N-dealkylation sites (tertiary alicyclic amines) is 1. The van der Waals surface area contributed by atoms with Crippen LogP contribution in [0, 0.1) is 5.92 Å². The Bertz CT molecular complexity index is 298. The third-order valence-corrected chi connectivity index (χ3v) is 4.11. The number of nitrogens with two attached hydrogens (primary N) is 1. The zero-order valence-electron chi connectivity index (χ0n) is 10.4. The van der Waals surface area contributed by atoms with Gasteiger partial charge in [0.25, 0.3) is 0 Å². The van der Waals surface area contributed by atoms with Crippen LogP contribution in [-0.4, -0.2) is 35.7 Å². The topological polar surface area (TPSA) is 63.4 Å². The van der Waals surface area contributed by atoms with Crippen molar-refractivity contribution < 1.29 is 9.59 Å². The molecule has 0 radical (unpaired) electrons. The lowest BCUT2D eigenvalue weighted by molar-refractivity contribution is -0.127.